The highest BCUT2D eigenvalue weighted by Gasteiger charge is 2.34. The van der Waals surface area contributed by atoms with Gasteiger partial charge in [0, 0.05) is 11.8 Å². The van der Waals surface area contributed by atoms with E-state index in [1.807, 2.05) is 0 Å². The maximum absolute atomic E-state index is 13.5. The van der Waals surface area contributed by atoms with E-state index in [-0.39, 0.29) is 22.9 Å². The summed E-state index contributed by atoms with van der Waals surface area (Å²) in [5, 5.41) is 0.463. The third-order valence-corrected chi connectivity index (χ3v) is 3.77. The van der Waals surface area contributed by atoms with Crippen LogP contribution in [0.1, 0.15) is 10.4 Å². The number of carbonyl (C=O) groups excluding carboxylic acids is 1. The minimum absolute atomic E-state index is 0.156. The van der Waals surface area contributed by atoms with Crippen LogP contribution >= 0.6 is 11.8 Å². The summed E-state index contributed by atoms with van der Waals surface area (Å²) in [6.07, 6.45) is -3.33. The second-order valence-electron chi connectivity index (χ2n) is 4.15. The zero-order chi connectivity index (χ0) is 14.5. The van der Waals surface area contributed by atoms with Crippen molar-refractivity contribution in [2.24, 2.45) is 0 Å². The van der Waals surface area contributed by atoms with Gasteiger partial charge in [-0.1, -0.05) is 17.8 Å². The van der Waals surface area contributed by atoms with Crippen LogP contribution < -0.4 is 0 Å². The first-order chi connectivity index (χ1) is 9.36. The molecule has 2 aromatic rings. The molecule has 8 heteroatoms. The number of aromatic nitrogens is 2. The van der Waals surface area contributed by atoms with Crippen molar-refractivity contribution in [1.29, 1.82) is 0 Å². The Bertz CT molecular complexity index is 708. The van der Waals surface area contributed by atoms with Gasteiger partial charge in [-0.25, -0.2) is 9.37 Å². The van der Waals surface area contributed by atoms with Crippen molar-refractivity contribution < 1.29 is 22.4 Å². The number of hydrogen-bond donors (Lipinski definition) is 0. The molecule has 0 N–H and O–H groups in total. The van der Waals surface area contributed by atoms with Crippen molar-refractivity contribution >= 4 is 17.7 Å². The zero-order valence-electron chi connectivity index (χ0n) is 9.74. The standard InChI is InChI=1S/C12H6F4N2OS/c13-8-3-6(1-2-7(8)12(14,15)16)9-4-18-10(19)5-20-11(18)17-9/h1-4H,5H2. The second-order valence-corrected chi connectivity index (χ2v) is 5.10. The SMILES string of the molecule is O=C1CSc2nc(-c3ccc(C(F)(F)F)c(F)c3)cn21. The van der Waals surface area contributed by atoms with Gasteiger partial charge >= 0.3 is 6.18 Å². The van der Waals surface area contributed by atoms with E-state index in [9.17, 15) is 22.4 Å². The van der Waals surface area contributed by atoms with E-state index in [0.29, 0.717) is 11.2 Å². The average Bonchev–Trinajstić information content (AvgIpc) is 2.90. The van der Waals surface area contributed by atoms with Gasteiger partial charge in [0.05, 0.1) is 17.0 Å². The minimum Gasteiger partial charge on any atom is -0.273 e. The van der Waals surface area contributed by atoms with Crippen LogP contribution in [0.15, 0.2) is 29.6 Å². The summed E-state index contributed by atoms with van der Waals surface area (Å²) >= 11 is 1.23. The maximum atomic E-state index is 13.5. The van der Waals surface area contributed by atoms with E-state index in [2.05, 4.69) is 4.98 Å². The van der Waals surface area contributed by atoms with Crippen LogP contribution in [-0.4, -0.2) is 21.2 Å². The molecule has 0 saturated heterocycles. The summed E-state index contributed by atoms with van der Waals surface area (Å²) in [5.41, 5.74) is -0.850. The number of carbonyl (C=O) groups is 1. The van der Waals surface area contributed by atoms with Crippen LogP contribution in [0.25, 0.3) is 11.3 Å². The van der Waals surface area contributed by atoms with Crippen LogP contribution in [0, 0.1) is 5.82 Å². The molecular weight excluding hydrogens is 296 g/mol. The highest BCUT2D eigenvalue weighted by Crippen LogP contribution is 2.34. The van der Waals surface area contributed by atoms with Crippen LogP contribution in [0.4, 0.5) is 17.6 Å². The molecule has 104 valence electrons. The number of fused-ring (bicyclic) bond motifs is 1. The zero-order valence-corrected chi connectivity index (χ0v) is 10.6. The monoisotopic (exact) mass is 302 g/mol. The van der Waals surface area contributed by atoms with E-state index < -0.39 is 17.6 Å². The summed E-state index contributed by atoms with van der Waals surface area (Å²) in [6.45, 7) is 0. The lowest BCUT2D eigenvalue weighted by atomic mass is 10.1. The number of rotatable bonds is 1. The molecule has 0 fully saturated rings. The van der Waals surface area contributed by atoms with Gasteiger partial charge in [-0.05, 0) is 12.1 Å². The van der Waals surface area contributed by atoms with E-state index in [1.54, 1.807) is 0 Å². The molecule has 1 aliphatic rings. The third kappa shape index (κ3) is 2.09. The van der Waals surface area contributed by atoms with Gasteiger partial charge < -0.3 is 0 Å². The number of alkyl halides is 3. The normalized spacial score (nSPS) is 14.7. The van der Waals surface area contributed by atoms with E-state index in [1.165, 1.54) is 22.5 Å². The predicted octanol–water partition coefficient (Wildman–Crippen LogP) is 3.45. The first-order valence-electron chi connectivity index (χ1n) is 5.49. The molecule has 0 aliphatic carbocycles. The Balaban J connectivity index is 2.02. The number of halogens is 4. The Morgan fingerprint density at radius 2 is 2.05 bits per heavy atom. The Labute approximate surface area is 114 Å². The lowest BCUT2D eigenvalue weighted by Gasteiger charge is -2.08. The average molecular weight is 302 g/mol. The van der Waals surface area contributed by atoms with Crippen LogP contribution in [0.2, 0.25) is 0 Å². The van der Waals surface area contributed by atoms with Crippen molar-refractivity contribution in [3.63, 3.8) is 0 Å². The smallest absolute Gasteiger partial charge is 0.273 e. The highest BCUT2D eigenvalue weighted by atomic mass is 32.2. The minimum atomic E-state index is -4.73. The molecule has 0 bridgehead atoms. The third-order valence-electron chi connectivity index (χ3n) is 2.84. The van der Waals surface area contributed by atoms with Gasteiger partial charge in [-0.3, -0.25) is 9.36 Å². The molecule has 1 aliphatic heterocycles. The summed E-state index contributed by atoms with van der Waals surface area (Å²) in [7, 11) is 0. The number of nitrogens with zero attached hydrogens (tertiary/aromatic N) is 2. The molecular formula is C12H6F4N2OS. The van der Waals surface area contributed by atoms with E-state index >= 15 is 0 Å². The molecule has 0 unspecified atom stereocenters. The Hall–Kier alpha value is -1.83. The van der Waals surface area contributed by atoms with Gasteiger partial charge in [0.25, 0.3) is 0 Å². The van der Waals surface area contributed by atoms with Crippen LogP contribution in [-0.2, 0) is 6.18 Å². The Kier molecular flexibility index (Phi) is 2.86. The van der Waals surface area contributed by atoms with Crippen molar-refractivity contribution in [1.82, 2.24) is 9.55 Å². The second kappa shape index (κ2) is 4.34. The maximum Gasteiger partial charge on any atom is 0.419 e. The fraction of sp³-hybridized carbons (Fsp3) is 0.167. The Morgan fingerprint density at radius 3 is 2.65 bits per heavy atom. The van der Waals surface area contributed by atoms with Gasteiger partial charge in [0.1, 0.15) is 5.82 Å². The molecule has 1 aromatic heterocycles. The molecule has 3 rings (SSSR count). The highest BCUT2D eigenvalue weighted by molar-refractivity contribution is 8.00. The fourth-order valence-electron chi connectivity index (χ4n) is 1.88. The molecule has 0 spiro atoms. The molecule has 20 heavy (non-hydrogen) atoms. The number of benzene rings is 1. The summed E-state index contributed by atoms with van der Waals surface area (Å²) < 4.78 is 52.2. The van der Waals surface area contributed by atoms with Gasteiger partial charge in [0.15, 0.2) is 5.16 Å². The van der Waals surface area contributed by atoms with Crippen LogP contribution in [0.3, 0.4) is 0 Å². The molecule has 2 heterocycles. The van der Waals surface area contributed by atoms with Crippen molar-refractivity contribution in [2.45, 2.75) is 11.3 Å². The lowest BCUT2D eigenvalue weighted by molar-refractivity contribution is -0.139. The quantitative estimate of drug-likeness (QED) is 0.757. The number of imidazole rings is 1. The Morgan fingerprint density at radius 1 is 1.30 bits per heavy atom. The van der Waals surface area contributed by atoms with E-state index in [4.69, 9.17) is 0 Å². The molecule has 0 saturated carbocycles. The fourth-order valence-corrected chi connectivity index (χ4v) is 2.73. The van der Waals surface area contributed by atoms with Gasteiger partial charge in [0.2, 0.25) is 5.91 Å². The first-order valence-corrected chi connectivity index (χ1v) is 6.47. The topological polar surface area (TPSA) is 34.9 Å². The molecule has 0 atom stereocenters. The number of thioether (sulfide) groups is 1. The van der Waals surface area contributed by atoms with Gasteiger partial charge in [-0.2, -0.15) is 13.2 Å². The van der Waals surface area contributed by atoms with Crippen LogP contribution in [0.5, 0.6) is 0 Å². The van der Waals surface area contributed by atoms with Gasteiger partial charge in [-0.15, -0.1) is 0 Å². The lowest BCUT2D eigenvalue weighted by Crippen LogP contribution is -2.07. The van der Waals surface area contributed by atoms with Crippen molar-refractivity contribution in [3.8, 4) is 11.3 Å². The summed E-state index contributed by atoms with van der Waals surface area (Å²) in [6, 6.07) is 2.58. The molecule has 0 radical (unpaired) electrons. The molecule has 1 aromatic carbocycles. The summed E-state index contributed by atoms with van der Waals surface area (Å²) in [5.74, 6) is -1.23. The molecule has 0 amide bonds. The van der Waals surface area contributed by atoms with Crippen molar-refractivity contribution in [2.75, 3.05) is 5.75 Å². The predicted molar refractivity (Wildman–Crippen MR) is 64.0 cm³/mol. The molecule has 3 nitrogen and oxygen atoms in total. The van der Waals surface area contributed by atoms with E-state index in [0.717, 1.165) is 12.1 Å². The largest absolute Gasteiger partial charge is 0.419 e. The first kappa shape index (κ1) is 13.2. The van der Waals surface area contributed by atoms with Crippen molar-refractivity contribution in [3.05, 3.63) is 35.8 Å². The number of hydrogen-bond acceptors (Lipinski definition) is 3. The summed E-state index contributed by atoms with van der Waals surface area (Å²) in [4.78, 5) is 15.5.